The first-order chi connectivity index (χ1) is 7.66. The van der Waals surface area contributed by atoms with Crippen molar-refractivity contribution < 1.29 is 14.3 Å². The number of aliphatic hydroxyl groups excluding tert-OH is 1. The molecule has 94 valence electrons. The van der Waals surface area contributed by atoms with E-state index in [4.69, 9.17) is 11.6 Å². The Kier molecular flexibility index (Phi) is 4.33. The summed E-state index contributed by atoms with van der Waals surface area (Å²) in [5.41, 5.74) is -0.844. The van der Waals surface area contributed by atoms with Crippen molar-refractivity contribution in [2.24, 2.45) is 5.41 Å². The van der Waals surface area contributed by atoms with E-state index in [1.165, 1.54) is 12.1 Å². The molecule has 1 N–H and O–H groups in total. The Bertz CT molecular complexity index is 455. The summed E-state index contributed by atoms with van der Waals surface area (Å²) in [6.07, 6.45) is -1.27. The van der Waals surface area contributed by atoms with Gasteiger partial charge in [-0.05, 0) is 33.5 Å². The van der Waals surface area contributed by atoms with Crippen LogP contribution in [0.3, 0.4) is 0 Å². The normalized spacial score (nSPS) is 13.6. The highest BCUT2D eigenvalue weighted by molar-refractivity contribution is 9.10. The predicted molar refractivity (Wildman–Crippen MR) is 68.9 cm³/mol. The Morgan fingerprint density at radius 1 is 1.47 bits per heavy atom. The van der Waals surface area contributed by atoms with Gasteiger partial charge in [0.05, 0.1) is 10.6 Å². The van der Waals surface area contributed by atoms with Crippen LogP contribution in [-0.4, -0.2) is 17.0 Å². The molecule has 17 heavy (non-hydrogen) atoms. The van der Waals surface area contributed by atoms with Crippen LogP contribution in [0.2, 0.25) is 5.02 Å². The van der Waals surface area contributed by atoms with Gasteiger partial charge < -0.3 is 5.11 Å². The lowest BCUT2D eigenvalue weighted by Crippen LogP contribution is -2.34. The van der Waals surface area contributed by atoms with Gasteiger partial charge in [-0.1, -0.05) is 32.4 Å². The molecule has 0 spiro atoms. The lowest BCUT2D eigenvalue weighted by Gasteiger charge is -2.24. The monoisotopic (exact) mass is 322 g/mol. The molecule has 0 aliphatic carbocycles. The average Bonchev–Trinajstić information content (AvgIpc) is 2.23. The molecule has 5 heteroatoms. The molecule has 1 rings (SSSR count). The molecule has 0 aromatic heterocycles. The maximum absolute atomic E-state index is 13.8. The van der Waals surface area contributed by atoms with Gasteiger partial charge in [-0.3, -0.25) is 4.79 Å². The van der Waals surface area contributed by atoms with Crippen LogP contribution in [0.25, 0.3) is 0 Å². The Balaban J connectivity index is 3.19. The molecule has 0 aliphatic heterocycles. The van der Waals surface area contributed by atoms with E-state index in [9.17, 15) is 14.3 Å². The van der Waals surface area contributed by atoms with Crippen molar-refractivity contribution in [2.75, 3.05) is 0 Å². The van der Waals surface area contributed by atoms with Crippen molar-refractivity contribution in [3.05, 3.63) is 33.0 Å². The minimum Gasteiger partial charge on any atom is -0.384 e. The van der Waals surface area contributed by atoms with Crippen LogP contribution in [0.5, 0.6) is 0 Å². The second-order valence-corrected chi connectivity index (χ2v) is 6.09. The molecule has 0 aliphatic rings. The number of benzene rings is 1. The van der Waals surface area contributed by atoms with Crippen molar-refractivity contribution >= 4 is 33.3 Å². The molecule has 1 aromatic rings. The minimum absolute atomic E-state index is 0.156. The smallest absolute Gasteiger partial charge is 0.194 e. The summed E-state index contributed by atoms with van der Waals surface area (Å²) in [5.74, 6) is -1.47. The third-order valence-corrected chi connectivity index (χ3v) is 3.63. The number of rotatable bonds is 2. The molecule has 0 amide bonds. The van der Waals surface area contributed by atoms with Crippen LogP contribution in [-0.2, 0) is 0 Å². The summed E-state index contributed by atoms with van der Waals surface area (Å²) in [6, 6.07) is 2.79. The molecule has 1 unspecified atom stereocenters. The zero-order chi connectivity index (χ0) is 13.4. The fourth-order valence-corrected chi connectivity index (χ4v) is 1.73. The first-order valence-corrected chi connectivity index (χ1v) is 6.19. The van der Waals surface area contributed by atoms with Gasteiger partial charge in [-0.25, -0.2) is 4.39 Å². The van der Waals surface area contributed by atoms with Crippen molar-refractivity contribution in [3.63, 3.8) is 0 Å². The topological polar surface area (TPSA) is 37.3 Å². The first kappa shape index (κ1) is 14.6. The van der Waals surface area contributed by atoms with E-state index in [-0.39, 0.29) is 10.6 Å². The van der Waals surface area contributed by atoms with E-state index in [2.05, 4.69) is 15.9 Å². The molecule has 0 radical (unpaired) electrons. The zero-order valence-electron chi connectivity index (χ0n) is 9.72. The Morgan fingerprint density at radius 2 is 2.00 bits per heavy atom. The van der Waals surface area contributed by atoms with Crippen LogP contribution in [0.4, 0.5) is 4.39 Å². The second kappa shape index (κ2) is 5.04. The first-order valence-electron chi connectivity index (χ1n) is 5.02. The number of hydrogen-bond acceptors (Lipinski definition) is 2. The maximum atomic E-state index is 13.8. The Labute approximate surface area is 113 Å². The second-order valence-electron chi connectivity index (χ2n) is 4.86. The number of aliphatic hydroxyl groups is 1. The van der Waals surface area contributed by atoms with Gasteiger partial charge in [0, 0.05) is 4.47 Å². The van der Waals surface area contributed by atoms with E-state index >= 15 is 0 Å². The summed E-state index contributed by atoms with van der Waals surface area (Å²) in [7, 11) is 0. The molecular weight excluding hydrogens is 310 g/mol. The van der Waals surface area contributed by atoms with Gasteiger partial charge in [0.25, 0.3) is 0 Å². The molecule has 0 fully saturated rings. The third kappa shape index (κ3) is 3.06. The fourth-order valence-electron chi connectivity index (χ4n) is 1.26. The van der Waals surface area contributed by atoms with Crippen molar-refractivity contribution in [3.8, 4) is 0 Å². The van der Waals surface area contributed by atoms with Crippen molar-refractivity contribution in [2.45, 2.75) is 26.9 Å². The van der Waals surface area contributed by atoms with Crippen LogP contribution >= 0.6 is 27.5 Å². The number of Topliss-reactive ketones (excluding diaryl/α,β-unsaturated/α-hetero) is 1. The summed E-state index contributed by atoms with van der Waals surface area (Å²) in [6.45, 7) is 5.11. The van der Waals surface area contributed by atoms with Gasteiger partial charge in [0.1, 0.15) is 6.10 Å². The van der Waals surface area contributed by atoms with Gasteiger partial charge >= 0.3 is 0 Å². The highest BCUT2D eigenvalue weighted by atomic mass is 79.9. The SMILES string of the molecule is CC(C)(C)C(O)C(=O)c1ccc(Br)c(Cl)c1F. The largest absolute Gasteiger partial charge is 0.384 e. The van der Waals surface area contributed by atoms with E-state index in [0.717, 1.165) is 0 Å². The van der Waals surface area contributed by atoms with E-state index in [0.29, 0.717) is 4.47 Å². The molecule has 0 bridgehead atoms. The Hall–Kier alpha value is -0.450. The quantitative estimate of drug-likeness (QED) is 0.663. The Morgan fingerprint density at radius 3 is 2.47 bits per heavy atom. The molecule has 1 atom stereocenters. The van der Waals surface area contributed by atoms with Crippen LogP contribution in [0, 0.1) is 11.2 Å². The van der Waals surface area contributed by atoms with Gasteiger partial charge in [-0.15, -0.1) is 0 Å². The highest BCUT2D eigenvalue weighted by Gasteiger charge is 2.31. The summed E-state index contributed by atoms with van der Waals surface area (Å²) < 4.78 is 14.1. The summed E-state index contributed by atoms with van der Waals surface area (Å²) >= 11 is 8.75. The fraction of sp³-hybridized carbons (Fsp3) is 0.417. The number of hydrogen-bond donors (Lipinski definition) is 1. The minimum atomic E-state index is -1.27. The number of halogens is 3. The summed E-state index contributed by atoms with van der Waals surface area (Å²) in [5, 5.41) is 9.67. The van der Waals surface area contributed by atoms with Crippen LogP contribution < -0.4 is 0 Å². The number of ketones is 1. The van der Waals surface area contributed by atoms with Gasteiger partial charge in [0.15, 0.2) is 11.6 Å². The number of carbonyl (C=O) groups is 1. The van der Waals surface area contributed by atoms with E-state index in [1.54, 1.807) is 20.8 Å². The average molecular weight is 324 g/mol. The third-order valence-electron chi connectivity index (χ3n) is 2.37. The van der Waals surface area contributed by atoms with E-state index < -0.39 is 23.1 Å². The van der Waals surface area contributed by atoms with Crippen LogP contribution in [0.1, 0.15) is 31.1 Å². The van der Waals surface area contributed by atoms with Gasteiger partial charge in [0.2, 0.25) is 0 Å². The van der Waals surface area contributed by atoms with Crippen LogP contribution in [0.15, 0.2) is 16.6 Å². The standard InChI is InChI=1S/C12H13BrClFO2/c1-12(2,3)11(17)10(16)6-4-5-7(13)8(14)9(6)15/h4-5,11,17H,1-3H3. The molecule has 1 aromatic carbocycles. The molecule has 0 saturated heterocycles. The molecular formula is C12H13BrClFO2. The highest BCUT2D eigenvalue weighted by Crippen LogP contribution is 2.30. The molecule has 0 saturated carbocycles. The molecule has 0 heterocycles. The van der Waals surface area contributed by atoms with Crippen molar-refractivity contribution in [1.82, 2.24) is 0 Å². The van der Waals surface area contributed by atoms with E-state index in [1.807, 2.05) is 0 Å². The van der Waals surface area contributed by atoms with Crippen molar-refractivity contribution in [1.29, 1.82) is 0 Å². The molecule has 2 nitrogen and oxygen atoms in total. The lowest BCUT2D eigenvalue weighted by atomic mass is 9.84. The maximum Gasteiger partial charge on any atom is 0.194 e. The zero-order valence-corrected chi connectivity index (χ0v) is 12.1. The van der Waals surface area contributed by atoms with Gasteiger partial charge in [-0.2, -0.15) is 0 Å². The predicted octanol–water partition coefficient (Wildman–Crippen LogP) is 3.83. The number of carbonyl (C=O) groups excluding carboxylic acids is 1. The lowest BCUT2D eigenvalue weighted by molar-refractivity contribution is 0.0439. The summed E-state index contributed by atoms with van der Waals surface area (Å²) in [4.78, 5) is 11.9.